The van der Waals surface area contributed by atoms with Gasteiger partial charge in [-0.1, -0.05) is 0 Å². The summed E-state index contributed by atoms with van der Waals surface area (Å²) in [6, 6.07) is 9.31. The third-order valence-corrected chi connectivity index (χ3v) is 3.84. The molecule has 0 saturated carbocycles. The third-order valence-electron chi connectivity index (χ3n) is 3.84. The first-order chi connectivity index (χ1) is 13.5. The van der Waals surface area contributed by atoms with Crippen LogP contribution in [0, 0.1) is 10.1 Å². The van der Waals surface area contributed by atoms with Gasteiger partial charge in [-0.3, -0.25) is 14.9 Å². The summed E-state index contributed by atoms with van der Waals surface area (Å²) in [7, 11) is 4.40. The molecule has 0 aliphatic heterocycles. The number of hydrogen-bond acceptors (Lipinski definition) is 7. The highest BCUT2D eigenvalue weighted by Gasteiger charge is 2.18. The Bertz CT molecular complexity index is 860. The van der Waals surface area contributed by atoms with Crippen LogP contribution in [0.3, 0.4) is 0 Å². The molecule has 0 heterocycles. The van der Waals surface area contributed by atoms with E-state index in [1.165, 1.54) is 38.5 Å². The molecule has 0 N–H and O–H groups in total. The molecule has 2 rings (SSSR count). The highest BCUT2D eigenvalue weighted by Crippen LogP contribution is 2.35. The highest BCUT2D eigenvalue weighted by atomic mass is 16.6. The number of nitro groups is 1. The molecule has 0 radical (unpaired) electrons. The molecule has 0 aromatic heterocycles. The molecule has 0 unspecified atom stereocenters. The summed E-state index contributed by atoms with van der Waals surface area (Å²) in [5, 5.41) is 11.3. The van der Waals surface area contributed by atoms with Gasteiger partial charge in [0.1, 0.15) is 12.4 Å². The Morgan fingerprint density at radius 2 is 1.68 bits per heavy atom. The van der Waals surface area contributed by atoms with Crippen LogP contribution >= 0.6 is 0 Å². The van der Waals surface area contributed by atoms with Gasteiger partial charge in [-0.05, 0) is 42.5 Å². The number of ether oxygens (including phenoxy) is 4. The summed E-state index contributed by atoms with van der Waals surface area (Å²) < 4.78 is 20.6. The van der Waals surface area contributed by atoms with Crippen LogP contribution in [-0.4, -0.2) is 45.2 Å². The standard InChI is InChI=1S/C20H21NO7/c1-25-10-11-28-16-7-4-14(5-8-16)18(22)9-6-15-12-19(26-2)20(27-3)13-17(15)21(23)24/h4-9,12-13H,10-11H2,1-3H3. The molecule has 0 bridgehead atoms. The molecule has 28 heavy (non-hydrogen) atoms. The number of nitro benzene ring substituents is 1. The second-order valence-electron chi connectivity index (χ2n) is 5.59. The molecule has 8 nitrogen and oxygen atoms in total. The Balaban J connectivity index is 2.20. The van der Waals surface area contributed by atoms with Gasteiger partial charge >= 0.3 is 0 Å². The second-order valence-corrected chi connectivity index (χ2v) is 5.59. The van der Waals surface area contributed by atoms with Gasteiger partial charge in [0, 0.05) is 12.7 Å². The summed E-state index contributed by atoms with van der Waals surface area (Å²) in [6.45, 7) is 0.875. The normalized spacial score (nSPS) is 10.7. The van der Waals surface area contributed by atoms with Crippen molar-refractivity contribution in [3.8, 4) is 17.2 Å². The Labute approximate surface area is 162 Å². The maximum absolute atomic E-state index is 12.4. The highest BCUT2D eigenvalue weighted by molar-refractivity contribution is 6.07. The van der Waals surface area contributed by atoms with Gasteiger partial charge in [0.05, 0.1) is 37.4 Å². The summed E-state index contributed by atoms with van der Waals surface area (Å²) in [4.78, 5) is 23.1. The van der Waals surface area contributed by atoms with Gasteiger partial charge in [0.2, 0.25) is 0 Å². The fourth-order valence-corrected chi connectivity index (χ4v) is 2.40. The number of nitrogens with zero attached hydrogens (tertiary/aromatic N) is 1. The summed E-state index contributed by atoms with van der Waals surface area (Å²) in [5.74, 6) is 0.889. The number of carbonyl (C=O) groups is 1. The minimum absolute atomic E-state index is 0.191. The van der Waals surface area contributed by atoms with Crippen molar-refractivity contribution in [2.75, 3.05) is 34.5 Å². The Kier molecular flexibility index (Phi) is 7.53. The molecular formula is C20H21NO7. The SMILES string of the molecule is COCCOc1ccc(C(=O)C=Cc2cc(OC)c(OC)cc2[N+](=O)[O-])cc1. The van der Waals surface area contributed by atoms with E-state index in [0.29, 0.717) is 30.3 Å². The molecular weight excluding hydrogens is 366 g/mol. The summed E-state index contributed by atoms with van der Waals surface area (Å²) in [5.41, 5.74) is 0.470. The summed E-state index contributed by atoms with van der Waals surface area (Å²) >= 11 is 0. The molecule has 148 valence electrons. The van der Waals surface area contributed by atoms with E-state index in [0.717, 1.165) is 0 Å². The first kappa shape index (κ1) is 20.9. The number of methoxy groups -OCH3 is 3. The van der Waals surface area contributed by atoms with Gasteiger partial charge in [-0.25, -0.2) is 0 Å². The molecule has 0 saturated heterocycles. The van der Waals surface area contributed by atoms with Crippen LogP contribution in [0.25, 0.3) is 6.08 Å². The largest absolute Gasteiger partial charge is 0.493 e. The lowest BCUT2D eigenvalue weighted by atomic mass is 10.1. The van der Waals surface area contributed by atoms with E-state index in [4.69, 9.17) is 18.9 Å². The maximum atomic E-state index is 12.4. The lowest BCUT2D eigenvalue weighted by molar-refractivity contribution is -0.385. The van der Waals surface area contributed by atoms with Crippen molar-refractivity contribution >= 4 is 17.5 Å². The Morgan fingerprint density at radius 3 is 2.25 bits per heavy atom. The van der Waals surface area contributed by atoms with Crippen LogP contribution < -0.4 is 14.2 Å². The molecule has 2 aromatic carbocycles. The average molecular weight is 387 g/mol. The zero-order valence-corrected chi connectivity index (χ0v) is 15.8. The lowest BCUT2D eigenvalue weighted by Crippen LogP contribution is -2.04. The van der Waals surface area contributed by atoms with E-state index in [2.05, 4.69) is 0 Å². The number of rotatable bonds is 10. The summed E-state index contributed by atoms with van der Waals surface area (Å²) in [6.07, 6.45) is 2.65. The number of carbonyl (C=O) groups excluding carboxylic acids is 1. The van der Waals surface area contributed by atoms with Crippen LogP contribution in [0.15, 0.2) is 42.5 Å². The van der Waals surface area contributed by atoms with Crippen molar-refractivity contribution in [1.82, 2.24) is 0 Å². The first-order valence-electron chi connectivity index (χ1n) is 8.34. The molecule has 0 fully saturated rings. The molecule has 0 spiro atoms. The zero-order valence-electron chi connectivity index (χ0n) is 15.8. The van der Waals surface area contributed by atoms with Crippen molar-refractivity contribution in [1.29, 1.82) is 0 Å². The van der Waals surface area contributed by atoms with Gasteiger partial charge in [-0.15, -0.1) is 0 Å². The van der Waals surface area contributed by atoms with Crippen LogP contribution in [0.4, 0.5) is 5.69 Å². The van der Waals surface area contributed by atoms with Crippen molar-refractivity contribution in [2.24, 2.45) is 0 Å². The number of allylic oxidation sites excluding steroid dienone is 1. The van der Waals surface area contributed by atoms with Gasteiger partial charge in [0.25, 0.3) is 5.69 Å². The maximum Gasteiger partial charge on any atom is 0.280 e. The topological polar surface area (TPSA) is 97.1 Å². The fourth-order valence-electron chi connectivity index (χ4n) is 2.40. The predicted molar refractivity (Wildman–Crippen MR) is 103 cm³/mol. The molecule has 0 aliphatic carbocycles. The van der Waals surface area contributed by atoms with E-state index >= 15 is 0 Å². The van der Waals surface area contributed by atoms with Gasteiger partial charge in [0.15, 0.2) is 17.3 Å². The number of benzene rings is 2. The zero-order chi connectivity index (χ0) is 20.5. The lowest BCUT2D eigenvalue weighted by Gasteiger charge is -2.08. The molecule has 2 aromatic rings. The molecule has 0 atom stereocenters. The molecule has 0 amide bonds. The smallest absolute Gasteiger partial charge is 0.280 e. The van der Waals surface area contributed by atoms with Crippen LogP contribution in [0.5, 0.6) is 17.2 Å². The van der Waals surface area contributed by atoms with Crippen LogP contribution in [0.1, 0.15) is 15.9 Å². The predicted octanol–water partition coefficient (Wildman–Crippen LogP) is 3.53. The van der Waals surface area contributed by atoms with Crippen LogP contribution in [-0.2, 0) is 4.74 Å². The minimum atomic E-state index is -0.543. The van der Waals surface area contributed by atoms with E-state index < -0.39 is 4.92 Å². The third kappa shape index (κ3) is 5.31. The minimum Gasteiger partial charge on any atom is -0.493 e. The molecule has 0 aliphatic rings. The fraction of sp³-hybridized carbons (Fsp3) is 0.250. The van der Waals surface area contributed by atoms with Gasteiger partial charge in [-0.2, -0.15) is 0 Å². The van der Waals surface area contributed by atoms with E-state index in [-0.39, 0.29) is 22.8 Å². The van der Waals surface area contributed by atoms with E-state index in [9.17, 15) is 14.9 Å². The first-order valence-corrected chi connectivity index (χ1v) is 8.34. The quantitative estimate of drug-likeness (QED) is 0.202. The monoisotopic (exact) mass is 387 g/mol. The van der Waals surface area contributed by atoms with Crippen molar-refractivity contribution < 1.29 is 28.7 Å². The molecule has 8 heteroatoms. The van der Waals surface area contributed by atoms with E-state index in [1.807, 2.05) is 0 Å². The number of hydrogen-bond donors (Lipinski definition) is 0. The van der Waals surface area contributed by atoms with Gasteiger partial charge < -0.3 is 18.9 Å². The van der Waals surface area contributed by atoms with Crippen molar-refractivity contribution in [2.45, 2.75) is 0 Å². The number of ketones is 1. The Morgan fingerprint density at radius 1 is 1.04 bits per heavy atom. The van der Waals surface area contributed by atoms with Crippen molar-refractivity contribution in [3.05, 3.63) is 63.7 Å². The van der Waals surface area contributed by atoms with E-state index in [1.54, 1.807) is 31.4 Å². The van der Waals surface area contributed by atoms with Crippen molar-refractivity contribution in [3.63, 3.8) is 0 Å². The van der Waals surface area contributed by atoms with Crippen LogP contribution in [0.2, 0.25) is 0 Å². The average Bonchev–Trinajstić information content (AvgIpc) is 2.71. The second kappa shape index (κ2) is 10.1. The Hall–Kier alpha value is -3.39.